The molecule has 0 spiro atoms. The number of aromatic amines is 1. The molecule has 0 radical (unpaired) electrons. The lowest BCUT2D eigenvalue weighted by atomic mass is 10.1. The molecule has 0 saturated carbocycles. The zero-order valence-electron chi connectivity index (χ0n) is 10.3. The van der Waals surface area contributed by atoms with Crippen LogP contribution in [0.15, 0.2) is 12.5 Å². The number of halogens is 5. The molecular formula is C12H8F5N3O. The summed E-state index contributed by atoms with van der Waals surface area (Å²) in [7, 11) is 0. The van der Waals surface area contributed by atoms with Crippen molar-refractivity contribution in [2.24, 2.45) is 0 Å². The highest BCUT2D eigenvalue weighted by Crippen LogP contribution is 2.22. The summed E-state index contributed by atoms with van der Waals surface area (Å²) in [5.41, 5.74) is -0.872. The molecule has 112 valence electrons. The molecular weight excluding hydrogens is 297 g/mol. The van der Waals surface area contributed by atoms with Crippen molar-refractivity contribution in [3.05, 3.63) is 52.9 Å². The number of nitrogens with one attached hydrogen (secondary N) is 2. The largest absolute Gasteiger partial charge is 0.351 e. The van der Waals surface area contributed by atoms with Crippen molar-refractivity contribution in [3.8, 4) is 0 Å². The molecule has 21 heavy (non-hydrogen) atoms. The number of amides is 1. The number of hydrogen-bond acceptors (Lipinski definition) is 2. The summed E-state index contributed by atoms with van der Waals surface area (Å²) >= 11 is 0. The summed E-state index contributed by atoms with van der Waals surface area (Å²) in [6, 6.07) is 0. The second kappa shape index (κ2) is 5.90. The van der Waals surface area contributed by atoms with Crippen LogP contribution in [0.25, 0.3) is 0 Å². The Morgan fingerprint density at radius 2 is 1.62 bits per heavy atom. The fourth-order valence-corrected chi connectivity index (χ4v) is 1.62. The van der Waals surface area contributed by atoms with Crippen molar-refractivity contribution in [2.75, 3.05) is 6.54 Å². The van der Waals surface area contributed by atoms with E-state index in [1.807, 2.05) is 0 Å². The molecule has 0 aliphatic heterocycles. The predicted octanol–water partition coefficient (Wildman–Crippen LogP) is 2.08. The van der Waals surface area contributed by atoms with Crippen LogP contribution >= 0.6 is 0 Å². The number of rotatable bonds is 4. The lowest BCUT2D eigenvalue weighted by Gasteiger charge is -2.08. The number of carbonyl (C=O) groups excluding carboxylic acids is 1. The van der Waals surface area contributed by atoms with E-state index in [4.69, 9.17) is 0 Å². The molecule has 1 heterocycles. The third-order valence-electron chi connectivity index (χ3n) is 2.67. The van der Waals surface area contributed by atoms with E-state index >= 15 is 0 Å². The van der Waals surface area contributed by atoms with Crippen molar-refractivity contribution in [1.82, 2.24) is 15.3 Å². The summed E-state index contributed by atoms with van der Waals surface area (Å²) in [5.74, 6) is -12.3. The quantitative estimate of drug-likeness (QED) is 0.516. The third kappa shape index (κ3) is 2.86. The maximum Gasteiger partial charge on any atom is 0.257 e. The van der Waals surface area contributed by atoms with Crippen LogP contribution in [-0.4, -0.2) is 22.4 Å². The molecule has 0 saturated heterocycles. The van der Waals surface area contributed by atoms with Gasteiger partial charge in [-0.1, -0.05) is 0 Å². The Kier molecular flexibility index (Phi) is 4.20. The van der Waals surface area contributed by atoms with Crippen LogP contribution in [0.1, 0.15) is 16.1 Å². The molecule has 0 bridgehead atoms. The minimum Gasteiger partial charge on any atom is -0.351 e. The van der Waals surface area contributed by atoms with Crippen LogP contribution in [0.4, 0.5) is 22.0 Å². The van der Waals surface area contributed by atoms with Crippen molar-refractivity contribution in [1.29, 1.82) is 0 Å². The highest BCUT2D eigenvalue weighted by Gasteiger charge is 2.29. The van der Waals surface area contributed by atoms with Gasteiger partial charge in [-0.3, -0.25) is 4.79 Å². The maximum atomic E-state index is 13.4. The second-order valence-corrected chi connectivity index (χ2v) is 4.03. The first-order valence-electron chi connectivity index (χ1n) is 5.70. The fourth-order valence-electron chi connectivity index (χ4n) is 1.62. The van der Waals surface area contributed by atoms with Gasteiger partial charge in [0.05, 0.1) is 6.33 Å². The number of hydrogen-bond donors (Lipinski definition) is 2. The van der Waals surface area contributed by atoms with E-state index in [2.05, 4.69) is 15.3 Å². The predicted molar refractivity (Wildman–Crippen MR) is 60.9 cm³/mol. The summed E-state index contributed by atoms with van der Waals surface area (Å²) in [5, 5.41) is 2.07. The van der Waals surface area contributed by atoms with E-state index in [-0.39, 0.29) is 13.0 Å². The smallest absolute Gasteiger partial charge is 0.257 e. The van der Waals surface area contributed by atoms with Gasteiger partial charge in [-0.2, -0.15) is 0 Å². The summed E-state index contributed by atoms with van der Waals surface area (Å²) in [4.78, 5) is 18.0. The molecule has 1 amide bonds. The molecule has 9 heteroatoms. The molecule has 0 aliphatic carbocycles. The summed E-state index contributed by atoms with van der Waals surface area (Å²) in [6.45, 7) is -0.0689. The Balaban J connectivity index is 2.16. The van der Waals surface area contributed by atoms with Gasteiger partial charge < -0.3 is 10.3 Å². The van der Waals surface area contributed by atoms with E-state index in [9.17, 15) is 26.7 Å². The van der Waals surface area contributed by atoms with Crippen LogP contribution in [0, 0.1) is 29.1 Å². The number of imidazole rings is 1. The molecule has 1 aromatic carbocycles. The van der Waals surface area contributed by atoms with Gasteiger partial charge in [0.1, 0.15) is 5.56 Å². The van der Waals surface area contributed by atoms with Gasteiger partial charge in [0, 0.05) is 24.9 Å². The maximum absolute atomic E-state index is 13.4. The Hall–Kier alpha value is -2.45. The first kappa shape index (κ1) is 14.9. The Bertz CT molecular complexity index is 643. The van der Waals surface area contributed by atoms with E-state index in [0.29, 0.717) is 5.69 Å². The van der Waals surface area contributed by atoms with Gasteiger partial charge in [-0.25, -0.2) is 26.9 Å². The number of aromatic nitrogens is 2. The van der Waals surface area contributed by atoms with E-state index in [0.717, 1.165) is 0 Å². The zero-order valence-corrected chi connectivity index (χ0v) is 10.3. The molecule has 2 aromatic rings. The number of benzene rings is 1. The second-order valence-electron chi connectivity index (χ2n) is 4.03. The Morgan fingerprint density at radius 1 is 1.05 bits per heavy atom. The molecule has 2 N–H and O–H groups in total. The average molecular weight is 305 g/mol. The van der Waals surface area contributed by atoms with Crippen LogP contribution in [0.5, 0.6) is 0 Å². The minimum atomic E-state index is -2.31. The molecule has 0 unspecified atom stereocenters. The topological polar surface area (TPSA) is 57.8 Å². The third-order valence-corrected chi connectivity index (χ3v) is 2.67. The number of H-pyrrole nitrogens is 1. The van der Waals surface area contributed by atoms with Crippen molar-refractivity contribution in [3.63, 3.8) is 0 Å². The Morgan fingerprint density at radius 3 is 2.14 bits per heavy atom. The Labute approximate surface area is 115 Å². The van der Waals surface area contributed by atoms with Crippen LogP contribution in [0.2, 0.25) is 0 Å². The van der Waals surface area contributed by atoms with Gasteiger partial charge in [0.25, 0.3) is 5.91 Å². The number of carbonyl (C=O) groups is 1. The zero-order chi connectivity index (χ0) is 15.6. The van der Waals surface area contributed by atoms with Gasteiger partial charge in [-0.05, 0) is 0 Å². The van der Waals surface area contributed by atoms with Crippen molar-refractivity contribution in [2.45, 2.75) is 6.42 Å². The molecule has 0 fully saturated rings. The normalized spacial score (nSPS) is 10.7. The standard InChI is InChI=1S/C12H8F5N3O/c13-7-6(8(14)10(16)11(17)9(7)15)12(21)19-2-1-5-3-18-4-20-5/h3-4H,1-2H2,(H,18,20)(H,19,21). The molecule has 1 aromatic heterocycles. The first-order chi connectivity index (χ1) is 9.93. The van der Waals surface area contributed by atoms with E-state index in [1.165, 1.54) is 12.5 Å². The first-order valence-corrected chi connectivity index (χ1v) is 5.70. The molecule has 0 atom stereocenters. The van der Waals surface area contributed by atoms with Gasteiger partial charge in [-0.15, -0.1) is 0 Å². The summed E-state index contributed by atoms with van der Waals surface area (Å²) in [6.07, 6.45) is 3.10. The van der Waals surface area contributed by atoms with Crippen LogP contribution in [-0.2, 0) is 6.42 Å². The van der Waals surface area contributed by atoms with Gasteiger partial charge >= 0.3 is 0 Å². The van der Waals surface area contributed by atoms with Crippen LogP contribution < -0.4 is 5.32 Å². The monoisotopic (exact) mass is 305 g/mol. The number of nitrogens with zero attached hydrogens (tertiary/aromatic N) is 1. The van der Waals surface area contributed by atoms with Gasteiger partial charge in [0.15, 0.2) is 23.3 Å². The molecule has 0 aliphatic rings. The minimum absolute atomic E-state index is 0.0689. The van der Waals surface area contributed by atoms with Crippen molar-refractivity contribution < 1.29 is 26.7 Å². The average Bonchev–Trinajstić information content (AvgIpc) is 2.96. The van der Waals surface area contributed by atoms with E-state index < -0.39 is 40.6 Å². The summed E-state index contributed by atoms with van der Waals surface area (Å²) < 4.78 is 65.4. The van der Waals surface area contributed by atoms with Crippen LogP contribution in [0.3, 0.4) is 0 Å². The van der Waals surface area contributed by atoms with Crippen molar-refractivity contribution >= 4 is 5.91 Å². The highest BCUT2D eigenvalue weighted by atomic mass is 19.2. The van der Waals surface area contributed by atoms with E-state index in [1.54, 1.807) is 0 Å². The van der Waals surface area contributed by atoms with Gasteiger partial charge in [0.2, 0.25) is 5.82 Å². The SMILES string of the molecule is O=C(NCCc1cnc[nH]1)c1c(F)c(F)c(F)c(F)c1F. The highest BCUT2D eigenvalue weighted by molar-refractivity contribution is 5.94. The lowest BCUT2D eigenvalue weighted by molar-refractivity contribution is 0.0942. The molecule has 2 rings (SSSR count). The molecule has 4 nitrogen and oxygen atoms in total. The fraction of sp³-hybridized carbons (Fsp3) is 0.167. The lowest BCUT2D eigenvalue weighted by Crippen LogP contribution is -2.29.